The Hall–Kier alpha value is -6.01. The number of urea groups is 1. The van der Waals surface area contributed by atoms with Crippen LogP contribution in [0.1, 0.15) is 56.0 Å². The van der Waals surface area contributed by atoms with Crippen molar-refractivity contribution in [2.24, 2.45) is 5.92 Å². The summed E-state index contributed by atoms with van der Waals surface area (Å²) in [4.78, 5) is 30.8. The van der Waals surface area contributed by atoms with Crippen LogP contribution in [0.3, 0.4) is 0 Å². The van der Waals surface area contributed by atoms with E-state index in [-0.39, 0.29) is 11.3 Å². The van der Waals surface area contributed by atoms with Gasteiger partial charge in [-0.15, -0.1) is 0 Å². The number of fused-ring (bicyclic) bond motifs is 1. The molecular weight excluding hydrogens is 683 g/mol. The van der Waals surface area contributed by atoms with E-state index in [0.717, 1.165) is 48.7 Å². The molecule has 54 heavy (non-hydrogen) atoms. The summed E-state index contributed by atoms with van der Waals surface area (Å²) in [7, 11) is 3.07. The van der Waals surface area contributed by atoms with Crippen LogP contribution in [0.5, 0.6) is 23.0 Å². The Kier molecular flexibility index (Phi) is 11.7. The Balaban J connectivity index is 1.13. The third kappa shape index (κ3) is 9.13. The predicted octanol–water partition coefficient (Wildman–Crippen LogP) is 8.43. The molecule has 1 saturated heterocycles. The summed E-state index contributed by atoms with van der Waals surface area (Å²) in [5, 5.41) is 17.2. The molecule has 0 bridgehead atoms. The van der Waals surface area contributed by atoms with Crippen molar-refractivity contribution in [2.45, 2.75) is 45.4 Å². The van der Waals surface area contributed by atoms with Crippen molar-refractivity contribution in [1.29, 1.82) is 0 Å². The summed E-state index contributed by atoms with van der Waals surface area (Å²) in [5.74, 6) is 3.02. The lowest BCUT2D eigenvalue weighted by atomic mass is 9.86. The second-order valence-corrected chi connectivity index (χ2v) is 14.4. The van der Waals surface area contributed by atoms with E-state index in [0.29, 0.717) is 69.6 Å². The van der Waals surface area contributed by atoms with Gasteiger partial charge >= 0.3 is 6.03 Å². The van der Waals surface area contributed by atoms with E-state index in [1.807, 2.05) is 48.5 Å². The molecule has 0 atom stereocenters. The molecule has 0 saturated carbocycles. The van der Waals surface area contributed by atoms with Crippen LogP contribution in [0.4, 0.5) is 33.4 Å². The van der Waals surface area contributed by atoms with Crippen LogP contribution in [0.15, 0.2) is 85.1 Å². The topological polar surface area (TPSA) is 161 Å². The largest absolute Gasteiger partial charge is 0.496 e. The molecule has 7 N–H and O–H groups in total. The SMILES string of the molecule is COc1cc(Nc2cc(Oc3ccc(NC(=O)Nc4cc(C(C)(C)C)cc(N)c4OC)c4ccccc34)ccn2)ccc1C(=O)NCCC1CCNCC1. The zero-order valence-electron chi connectivity index (χ0n) is 31.5. The molecule has 0 spiro atoms. The molecule has 0 radical (unpaired) electrons. The van der Waals surface area contributed by atoms with Gasteiger partial charge in [0.25, 0.3) is 5.91 Å². The molecule has 5 aromatic rings. The molecule has 1 aliphatic heterocycles. The molecule has 4 aromatic carbocycles. The van der Waals surface area contributed by atoms with Gasteiger partial charge < -0.3 is 46.5 Å². The summed E-state index contributed by atoms with van der Waals surface area (Å²) < 4.78 is 17.5. The van der Waals surface area contributed by atoms with Crippen molar-refractivity contribution >= 4 is 51.3 Å². The number of nitrogens with two attached hydrogens (primary N) is 1. The fourth-order valence-corrected chi connectivity index (χ4v) is 6.58. The number of piperidine rings is 1. The average molecular weight is 732 g/mol. The number of nitrogens with one attached hydrogen (secondary N) is 5. The highest BCUT2D eigenvalue weighted by Gasteiger charge is 2.21. The Morgan fingerprint density at radius 2 is 1.63 bits per heavy atom. The predicted molar refractivity (Wildman–Crippen MR) is 216 cm³/mol. The molecule has 0 aliphatic carbocycles. The highest BCUT2D eigenvalue weighted by molar-refractivity contribution is 6.08. The van der Waals surface area contributed by atoms with Gasteiger partial charge in [-0.05, 0) is 91.7 Å². The number of pyridine rings is 1. The minimum absolute atomic E-state index is 0.161. The lowest BCUT2D eigenvalue weighted by Crippen LogP contribution is -2.31. The highest BCUT2D eigenvalue weighted by Crippen LogP contribution is 2.38. The van der Waals surface area contributed by atoms with Crippen molar-refractivity contribution in [3.05, 3.63) is 96.2 Å². The van der Waals surface area contributed by atoms with E-state index in [1.54, 1.807) is 43.6 Å². The van der Waals surface area contributed by atoms with Crippen LogP contribution >= 0.6 is 0 Å². The first-order valence-electron chi connectivity index (χ1n) is 18.2. The quantitative estimate of drug-likeness (QED) is 0.0692. The van der Waals surface area contributed by atoms with E-state index >= 15 is 0 Å². The maximum Gasteiger partial charge on any atom is 0.323 e. The van der Waals surface area contributed by atoms with Gasteiger partial charge in [-0.25, -0.2) is 9.78 Å². The Morgan fingerprint density at radius 3 is 2.37 bits per heavy atom. The summed E-state index contributed by atoms with van der Waals surface area (Å²) in [6, 6.07) is 23.5. The maximum absolute atomic E-state index is 13.3. The van der Waals surface area contributed by atoms with Crippen molar-refractivity contribution in [2.75, 3.05) is 55.5 Å². The fraction of sp³-hybridized carbons (Fsp3) is 0.310. The van der Waals surface area contributed by atoms with Crippen LogP contribution in [0.2, 0.25) is 0 Å². The lowest BCUT2D eigenvalue weighted by Gasteiger charge is -2.23. The van der Waals surface area contributed by atoms with E-state index in [4.69, 9.17) is 19.9 Å². The number of nitrogen functional groups attached to an aromatic ring is 1. The lowest BCUT2D eigenvalue weighted by molar-refractivity contribution is 0.0947. The minimum Gasteiger partial charge on any atom is -0.496 e. The number of hydrogen-bond acceptors (Lipinski definition) is 9. The van der Waals surface area contributed by atoms with Gasteiger partial charge in [-0.3, -0.25) is 4.79 Å². The standard InChI is InChI=1S/C42H49N7O5/c1-42(2,3)27-22-33(43)39(53-5)35(23-27)49-41(51)48-34-12-13-36(31-9-7-6-8-30(31)34)54-29-17-21-45-38(25-29)47-28-10-11-32(37(24-28)52-4)40(50)46-20-16-26-14-18-44-19-15-26/h6-13,17,21-26,44H,14-16,18-20,43H2,1-5H3,(H,45,47)(H,46,50)(H2,48,49,51). The number of carbonyl (C=O) groups excluding carboxylic acids is 2. The first kappa shape index (κ1) is 37.7. The Morgan fingerprint density at radius 1 is 0.870 bits per heavy atom. The fourth-order valence-electron chi connectivity index (χ4n) is 6.58. The van der Waals surface area contributed by atoms with Crippen LogP contribution in [0, 0.1) is 5.92 Å². The third-order valence-electron chi connectivity index (χ3n) is 9.54. The zero-order valence-corrected chi connectivity index (χ0v) is 31.5. The van der Waals surface area contributed by atoms with Gasteiger partial charge in [0.15, 0.2) is 5.75 Å². The first-order chi connectivity index (χ1) is 26.0. The summed E-state index contributed by atoms with van der Waals surface area (Å²) in [6.07, 6.45) is 4.90. The highest BCUT2D eigenvalue weighted by atomic mass is 16.5. The Labute approximate surface area is 316 Å². The number of ether oxygens (including phenoxy) is 3. The number of benzene rings is 4. The number of nitrogens with zero attached hydrogens (tertiary/aromatic N) is 1. The number of methoxy groups -OCH3 is 2. The molecule has 0 unspecified atom stereocenters. The van der Waals surface area contributed by atoms with E-state index in [2.05, 4.69) is 52.3 Å². The monoisotopic (exact) mass is 731 g/mol. The second-order valence-electron chi connectivity index (χ2n) is 14.4. The molecule has 12 heteroatoms. The van der Waals surface area contributed by atoms with Crippen molar-refractivity contribution in [3.63, 3.8) is 0 Å². The van der Waals surface area contributed by atoms with Crippen LogP contribution in [-0.4, -0.2) is 50.8 Å². The van der Waals surface area contributed by atoms with Gasteiger partial charge in [0.1, 0.15) is 23.1 Å². The molecule has 3 amide bonds. The third-order valence-corrected chi connectivity index (χ3v) is 9.54. The number of amides is 3. The molecular formula is C42H49N7O5. The summed E-state index contributed by atoms with van der Waals surface area (Å²) in [6.45, 7) is 8.94. The van der Waals surface area contributed by atoms with Crippen molar-refractivity contribution in [3.8, 4) is 23.0 Å². The molecule has 1 aromatic heterocycles. The molecule has 1 aliphatic rings. The summed E-state index contributed by atoms with van der Waals surface area (Å²) in [5.41, 5.74) is 9.75. The van der Waals surface area contributed by atoms with Gasteiger partial charge in [0.2, 0.25) is 0 Å². The van der Waals surface area contributed by atoms with Gasteiger partial charge in [-0.2, -0.15) is 0 Å². The average Bonchev–Trinajstić information content (AvgIpc) is 3.16. The van der Waals surface area contributed by atoms with E-state index < -0.39 is 6.03 Å². The minimum atomic E-state index is -0.444. The van der Waals surface area contributed by atoms with E-state index in [1.165, 1.54) is 7.11 Å². The van der Waals surface area contributed by atoms with Crippen molar-refractivity contribution < 1.29 is 23.8 Å². The van der Waals surface area contributed by atoms with Gasteiger partial charge in [0, 0.05) is 41.3 Å². The molecule has 6 rings (SSSR count). The molecule has 282 valence electrons. The molecule has 1 fully saturated rings. The second kappa shape index (κ2) is 16.8. The van der Waals surface area contributed by atoms with Gasteiger partial charge in [0.05, 0.1) is 36.8 Å². The normalized spacial score (nSPS) is 13.2. The number of aromatic nitrogens is 1. The molecule has 2 heterocycles. The number of rotatable bonds is 12. The van der Waals surface area contributed by atoms with Crippen LogP contribution in [0.25, 0.3) is 10.8 Å². The molecule has 12 nitrogen and oxygen atoms in total. The van der Waals surface area contributed by atoms with Crippen LogP contribution in [-0.2, 0) is 5.41 Å². The van der Waals surface area contributed by atoms with Crippen molar-refractivity contribution in [1.82, 2.24) is 15.6 Å². The number of anilines is 5. The van der Waals surface area contributed by atoms with Gasteiger partial charge in [-0.1, -0.05) is 45.0 Å². The van der Waals surface area contributed by atoms with Crippen LogP contribution < -0.4 is 46.5 Å². The Bertz CT molecular complexity index is 2130. The van der Waals surface area contributed by atoms with E-state index in [9.17, 15) is 9.59 Å². The zero-order chi connectivity index (χ0) is 38.2. The number of hydrogen-bond donors (Lipinski definition) is 6. The summed E-state index contributed by atoms with van der Waals surface area (Å²) >= 11 is 0. The number of carbonyl (C=O) groups is 2. The first-order valence-corrected chi connectivity index (χ1v) is 18.2. The maximum atomic E-state index is 13.3. The smallest absolute Gasteiger partial charge is 0.323 e.